The first-order chi connectivity index (χ1) is 16.6. The zero-order valence-corrected chi connectivity index (χ0v) is 18.0. The molecule has 1 heterocycles. The van der Waals surface area contributed by atoms with Gasteiger partial charge >= 0.3 is 17.9 Å². The Labute approximate surface area is 195 Å². The molecular formula is C26H22O8. The average molecular weight is 462 g/mol. The van der Waals surface area contributed by atoms with Crippen LogP contribution in [0.2, 0.25) is 0 Å². The Balaban J connectivity index is 1.59. The van der Waals surface area contributed by atoms with Crippen LogP contribution in [-0.2, 0) is 18.9 Å². The Kier molecular flexibility index (Phi) is 7.31. The molecule has 4 atom stereocenters. The second kappa shape index (κ2) is 10.7. The van der Waals surface area contributed by atoms with Crippen LogP contribution in [0.3, 0.4) is 0 Å². The fourth-order valence-corrected chi connectivity index (χ4v) is 3.48. The van der Waals surface area contributed by atoms with Crippen LogP contribution in [0.5, 0.6) is 0 Å². The maximum Gasteiger partial charge on any atom is 0.340 e. The van der Waals surface area contributed by atoms with E-state index in [0.29, 0.717) is 0 Å². The van der Waals surface area contributed by atoms with E-state index in [1.807, 2.05) is 0 Å². The van der Waals surface area contributed by atoms with Gasteiger partial charge in [-0.2, -0.15) is 0 Å². The van der Waals surface area contributed by atoms with Gasteiger partial charge in [-0.3, -0.25) is 0 Å². The van der Waals surface area contributed by atoms with Crippen LogP contribution in [0.4, 0.5) is 0 Å². The molecule has 1 N–H and O–H groups in total. The largest absolute Gasteiger partial charge is 0.452 e. The fourth-order valence-electron chi connectivity index (χ4n) is 3.48. The van der Waals surface area contributed by atoms with E-state index in [0.717, 1.165) is 0 Å². The Morgan fingerprint density at radius 2 is 1.00 bits per heavy atom. The minimum absolute atomic E-state index is 0.247. The molecule has 0 saturated carbocycles. The van der Waals surface area contributed by atoms with Crippen LogP contribution in [0, 0.1) is 0 Å². The number of esters is 3. The Morgan fingerprint density at radius 3 is 1.41 bits per heavy atom. The predicted molar refractivity (Wildman–Crippen MR) is 119 cm³/mol. The van der Waals surface area contributed by atoms with Crippen molar-refractivity contribution in [3.05, 3.63) is 108 Å². The number of carbonyl (C=O) groups is 3. The standard InChI is InChI=1S/C26H22O8/c27-16-20-21(32-23(28)17-10-4-1-5-11-17)22(33-24(29)18-12-6-2-7-13-18)26(31-20)34-25(30)19-14-8-3-9-15-19/h1-15,20-22,26-27H,16H2/t20-,21-,22-,26+/m0/s1. The van der Waals surface area contributed by atoms with E-state index in [1.54, 1.807) is 91.0 Å². The summed E-state index contributed by atoms with van der Waals surface area (Å²) in [4.78, 5) is 38.1. The molecule has 0 amide bonds. The summed E-state index contributed by atoms with van der Waals surface area (Å²) in [5, 5.41) is 9.86. The lowest BCUT2D eigenvalue weighted by Gasteiger charge is -2.23. The second-order valence-corrected chi connectivity index (χ2v) is 7.47. The zero-order chi connectivity index (χ0) is 23.9. The topological polar surface area (TPSA) is 108 Å². The average Bonchev–Trinajstić information content (AvgIpc) is 3.20. The molecule has 4 rings (SSSR count). The molecular weight excluding hydrogens is 440 g/mol. The molecule has 8 nitrogen and oxygen atoms in total. The highest BCUT2D eigenvalue weighted by molar-refractivity contribution is 5.91. The molecule has 0 radical (unpaired) electrons. The number of aliphatic hydroxyl groups is 1. The summed E-state index contributed by atoms with van der Waals surface area (Å²) in [6, 6.07) is 24.6. The third-order valence-electron chi connectivity index (χ3n) is 5.19. The lowest BCUT2D eigenvalue weighted by atomic mass is 10.1. The number of benzene rings is 3. The van der Waals surface area contributed by atoms with Gasteiger partial charge in [-0.15, -0.1) is 0 Å². The summed E-state index contributed by atoms with van der Waals surface area (Å²) in [5.74, 6) is -2.16. The summed E-state index contributed by atoms with van der Waals surface area (Å²) >= 11 is 0. The third kappa shape index (κ3) is 5.31. The van der Waals surface area contributed by atoms with Gasteiger partial charge in [-0.1, -0.05) is 54.6 Å². The maximum absolute atomic E-state index is 12.8. The van der Waals surface area contributed by atoms with Crippen molar-refractivity contribution in [2.45, 2.75) is 24.6 Å². The SMILES string of the molecule is O=C(O[C@H]1O[C@@H](CO)[C@H](OC(=O)c2ccccc2)[C@@H]1OC(=O)c1ccccc1)c1ccccc1. The summed E-state index contributed by atoms with van der Waals surface area (Å²) in [7, 11) is 0. The van der Waals surface area contributed by atoms with E-state index in [9.17, 15) is 19.5 Å². The van der Waals surface area contributed by atoms with E-state index in [-0.39, 0.29) is 16.7 Å². The van der Waals surface area contributed by atoms with Gasteiger partial charge in [0.15, 0.2) is 6.10 Å². The van der Waals surface area contributed by atoms with Gasteiger partial charge in [0.25, 0.3) is 0 Å². The minimum atomic E-state index is -1.41. The van der Waals surface area contributed by atoms with Crippen molar-refractivity contribution in [1.82, 2.24) is 0 Å². The maximum atomic E-state index is 12.8. The van der Waals surface area contributed by atoms with Gasteiger partial charge in [-0.25, -0.2) is 14.4 Å². The van der Waals surface area contributed by atoms with E-state index in [4.69, 9.17) is 18.9 Å². The van der Waals surface area contributed by atoms with Crippen molar-refractivity contribution in [3.8, 4) is 0 Å². The molecule has 0 spiro atoms. The molecule has 0 aliphatic carbocycles. The first-order valence-corrected chi connectivity index (χ1v) is 10.6. The van der Waals surface area contributed by atoms with Crippen LogP contribution in [0.1, 0.15) is 31.1 Å². The van der Waals surface area contributed by atoms with Crippen LogP contribution >= 0.6 is 0 Å². The van der Waals surface area contributed by atoms with Gasteiger partial charge in [0.05, 0.1) is 23.3 Å². The molecule has 1 aliphatic rings. The molecule has 34 heavy (non-hydrogen) atoms. The number of rotatable bonds is 7. The Bertz CT molecular complexity index is 1120. The highest BCUT2D eigenvalue weighted by Crippen LogP contribution is 2.30. The predicted octanol–water partition coefficient (Wildman–Crippen LogP) is 3.01. The lowest BCUT2D eigenvalue weighted by molar-refractivity contribution is -0.141. The van der Waals surface area contributed by atoms with E-state index < -0.39 is 49.1 Å². The lowest BCUT2D eigenvalue weighted by Crippen LogP contribution is -2.42. The molecule has 1 fully saturated rings. The first kappa shape index (κ1) is 23.2. The molecule has 1 saturated heterocycles. The summed E-state index contributed by atoms with van der Waals surface area (Å²) in [6.07, 6.45) is -5.04. The molecule has 3 aromatic rings. The normalized spacial score (nSPS) is 21.4. The van der Waals surface area contributed by atoms with Crippen molar-refractivity contribution < 1.29 is 38.4 Å². The summed E-state index contributed by atoms with van der Waals surface area (Å²) < 4.78 is 22.3. The fraction of sp³-hybridized carbons (Fsp3) is 0.192. The molecule has 1 aliphatic heterocycles. The summed E-state index contributed by atoms with van der Waals surface area (Å²) in [5.41, 5.74) is 0.762. The number of carbonyl (C=O) groups excluding carboxylic acids is 3. The Hall–Kier alpha value is -4.01. The highest BCUT2D eigenvalue weighted by Gasteiger charge is 2.51. The van der Waals surface area contributed by atoms with Crippen molar-refractivity contribution >= 4 is 17.9 Å². The molecule has 0 unspecified atom stereocenters. The molecule has 0 bridgehead atoms. The monoisotopic (exact) mass is 462 g/mol. The number of ether oxygens (including phenoxy) is 4. The molecule has 0 aromatic heterocycles. The van der Waals surface area contributed by atoms with E-state index in [2.05, 4.69) is 0 Å². The minimum Gasteiger partial charge on any atom is -0.452 e. The van der Waals surface area contributed by atoms with Crippen molar-refractivity contribution in [2.24, 2.45) is 0 Å². The Morgan fingerprint density at radius 1 is 0.618 bits per heavy atom. The van der Waals surface area contributed by atoms with Gasteiger partial charge in [0, 0.05) is 0 Å². The van der Waals surface area contributed by atoms with E-state index >= 15 is 0 Å². The van der Waals surface area contributed by atoms with Gasteiger partial charge in [0.2, 0.25) is 12.4 Å². The van der Waals surface area contributed by atoms with E-state index in [1.165, 1.54) is 0 Å². The summed E-state index contributed by atoms with van der Waals surface area (Å²) in [6.45, 7) is -0.564. The number of hydrogen-bond donors (Lipinski definition) is 1. The molecule has 174 valence electrons. The van der Waals surface area contributed by atoms with Crippen LogP contribution < -0.4 is 0 Å². The molecule has 3 aromatic carbocycles. The number of hydrogen-bond acceptors (Lipinski definition) is 8. The van der Waals surface area contributed by atoms with Gasteiger partial charge in [0.1, 0.15) is 6.10 Å². The van der Waals surface area contributed by atoms with Gasteiger partial charge < -0.3 is 24.1 Å². The number of aliphatic hydroxyl groups excluding tert-OH is 1. The van der Waals surface area contributed by atoms with Gasteiger partial charge in [-0.05, 0) is 36.4 Å². The first-order valence-electron chi connectivity index (χ1n) is 10.6. The third-order valence-corrected chi connectivity index (χ3v) is 5.19. The molecule has 8 heteroatoms. The van der Waals surface area contributed by atoms with Crippen LogP contribution in [0.25, 0.3) is 0 Å². The van der Waals surface area contributed by atoms with Crippen molar-refractivity contribution in [2.75, 3.05) is 6.61 Å². The highest BCUT2D eigenvalue weighted by atomic mass is 16.7. The van der Waals surface area contributed by atoms with Crippen molar-refractivity contribution in [3.63, 3.8) is 0 Å². The van der Waals surface area contributed by atoms with Crippen LogP contribution in [0.15, 0.2) is 91.0 Å². The smallest absolute Gasteiger partial charge is 0.340 e. The quantitative estimate of drug-likeness (QED) is 0.422. The second-order valence-electron chi connectivity index (χ2n) is 7.47. The van der Waals surface area contributed by atoms with Crippen molar-refractivity contribution in [1.29, 1.82) is 0 Å². The zero-order valence-electron chi connectivity index (χ0n) is 18.0. The van der Waals surface area contributed by atoms with Crippen LogP contribution in [-0.4, -0.2) is 54.2 Å².